The maximum Gasteiger partial charge on any atom is 0.331 e. The third kappa shape index (κ3) is 2.33. The van der Waals surface area contributed by atoms with Crippen molar-refractivity contribution in [3.05, 3.63) is 42.0 Å². The second kappa shape index (κ2) is 4.93. The Bertz CT molecular complexity index is 543. The molecule has 0 spiro atoms. The van der Waals surface area contributed by atoms with Crippen LogP contribution in [0, 0.1) is 0 Å². The highest BCUT2D eigenvalue weighted by molar-refractivity contribution is 6.14. The highest BCUT2D eigenvalue weighted by Gasteiger charge is 2.36. The number of carbonyl (C=O) groups is 3. The molecule has 2 rings (SSSR count). The Morgan fingerprint density at radius 1 is 1.16 bits per heavy atom. The first-order valence-electron chi connectivity index (χ1n) is 5.46. The van der Waals surface area contributed by atoms with Gasteiger partial charge in [-0.05, 0) is 17.7 Å². The van der Waals surface area contributed by atoms with Crippen LogP contribution in [0.1, 0.15) is 11.6 Å². The molecule has 1 aliphatic rings. The lowest BCUT2D eigenvalue weighted by atomic mass is 10.1. The first-order valence-corrected chi connectivity index (χ1v) is 5.46. The molecule has 0 bridgehead atoms. The predicted molar refractivity (Wildman–Crippen MR) is 64.4 cm³/mol. The van der Waals surface area contributed by atoms with E-state index in [2.05, 4.69) is 0 Å². The van der Waals surface area contributed by atoms with Gasteiger partial charge in [0.25, 0.3) is 11.8 Å². The van der Waals surface area contributed by atoms with Gasteiger partial charge in [0.15, 0.2) is 6.04 Å². The number of benzene rings is 1. The maximum atomic E-state index is 11.6. The van der Waals surface area contributed by atoms with E-state index >= 15 is 0 Å². The smallest absolute Gasteiger partial charge is 0.331 e. The normalized spacial score (nSPS) is 15.7. The largest absolute Gasteiger partial charge is 0.497 e. The number of hydrogen-bond donors (Lipinski definition) is 1. The van der Waals surface area contributed by atoms with Crippen LogP contribution in [-0.4, -0.2) is 34.9 Å². The molecule has 0 aromatic heterocycles. The molecule has 1 atom stereocenters. The summed E-state index contributed by atoms with van der Waals surface area (Å²) < 4.78 is 4.97. The Labute approximate surface area is 108 Å². The Morgan fingerprint density at radius 2 is 1.68 bits per heavy atom. The van der Waals surface area contributed by atoms with E-state index in [-0.39, 0.29) is 0 Å². The molecule has 0 fully saturated rings. The van der Waals surface area contributed by atoms with Crippen molar-refractivity contribution in [2.75, 3.05) is 7.11 Å². The van der Waals surface area contributed by atoms with Crippen molar-refractivity contribution in [3.8, 4) is 5.75 Å². The molecule has 1 N–H and O–H groups in total. The summed E-state index contributed by atoms with van der Waals surface area (Å²) in [6.07, 6.45) is 2.11. The fraction of sp³-hybridized carbons (Fsp3) is 0.154. The molecule has 2 amide bonds. The van der Waals surface area contributed by atoms with Crippen molar-refractivity contribution in [2.24, 2.45) is 0 Å². The van der Waals surface area contributed by atoms with Crippen LogP contribution in [0.3, 0.4) is 0 Å². The lowest BCUT2D eigenvalue weighted by Gasteiger charge is -2.22. The summed E-state index contributed by atoms with van der Waals surface area (Å²) >= 11 is 0. The molecule has 19 heavy (non-hydrogen) atoms. The molecule has 0 radical (unpaired) electrons. The Morgan fingerprint density at radius 3 is 2.11 bits per heavy atom. The van der Waals surface area contributed by atoms with Crippen LogP contribution >= 0.6 is 0 Å². The third-order valence-corrected chi connectivity index (χ3v) is 2.77. The topological polar surface area (TPSA) is 83.9 Å². The molecule has 0 saturated heterocycles. The molecule has 98 valence electrons. The van der Waals surface area contributed by atoms with Gasteiger partial charge in [-0.15, -0.1) is 0 Å². The number of ether oxygens (including phenoxy) is 1. The zero-order chi connectivity index (χ0) is 14.0. The fourth-order valence-electron chi connectivity index (χ4n) is 1.85. The predicted octanol–water partition coefficient (Wildman–Crippen LogP) is 0.746. The number of methoxy groups -OCH3 is 1. The molecular weight excluding hydrogens is 250 g/mol. The standard InChI is InChI=1S/C13H11NO5/c1-19-9-4-2-8(3-5-9)12(13(17)18)14-10(15)6-7-11(14)16/h2-7,12H,1H3,(H,17,18). The fourth-order valence-corrected chi connectivity index (χ4v) is 1.85. The first-order chi connectivity index (χ1) is 9.04. The number of amides is 2. The zero-order valence-corrected chi connectivity index (χ0v) is 10.1. The summed E-state index contributed by atoms with van der Waals surface area (Å²) in [5, 5.41) is 9.24. The van der Waals surface area contributed by atoms with Crippen LogP contribution in [0.5, 0.6) is 5.75 Å². The summed E-state index contributed by atoms with van der Waals surface area (Å²) in [6.45, 7) is 0. The van der Waals surface area contributed by atoms with Gasteiger partial charge in [-0.3, -0.25) is 14.5 Å². The Kier molecular flexibility index (Phi) is 3.33. The number of hydrogen-bond acceptors (Lipinski definition) is 4. The minimum Gasteiger partial charge on any atom is -0.497 e. The lowest BCUT2D eigenvalue weighted by molar-refractivity contribution is -0.153. The number of nitrogens with zero attached hydrogens (tertiary/aromatic N) is 1. The second-order valence-corrected chi connectivity index (χ2v) is 3.89. The summed E-state index contributed by atoms with van der Waals surface area (Å²) in [5.41, 5.74) is 0.332. The van der Waals surface area contributed by atoms with Gasteiger partial charge >= 0.3 is 5.97 Å². The van der Waals surface area contributed by atoms with Crippen molar-refractivity contribution < 1.29 is 24.2 Å². The third-order valence-electron chi connectivity index (χ3n) is 2.77. The molecule has 1 heterocycles. The second-order valence-electron chi connectivity index (χ2n) is 3.89. The van der Waals surface area contributed by atoms with E-state index in [0.29, 0.717) is 16.2 Å². The monoisotopic (exact) mass is 261 g/mol. The molecule has 1 aromatic carbocycles. The van der Waals surface area contributed by atoms with Crippen LogP contribution in [0.2, 0.25) is 0 Å². The number of imide groups is 1. The molecule has 1 unspecified atom stereocenters. The van der Waals surface area contributed by atoms with Crippen molar-refractivity contribution in [1.82, 2.24) is 4.90 Å². The van der Waals surface area contributed by atoms with Crippen molar-refractivity contribution >= 4 is 17.8 Å². The maximum absolute atomic E-state index is 11.6. The van der Waals surface area contributed by atoms with E-state index in [9.17, 15) is 19.5 Å². The van der Waals surface area contributed by atoms with Crippen LogP contribution in [0.4, 0.5) is 0 Å². The number of carboxylic acid groups (broad SMARTS) is 1. The van der Waals surface area contributed by atoms with Gasteiger partial charge in [-0.2, -0.15) is 0 Å². The first kappa shape index (κ1) is 12.8. The molecule has 1 aromatic rings. The van der Waals surface area contributed by atoms with Crippen LogP contribution in [-0.2, 0) is 14.4 Å². The Balaban J connectivity index is 2.37. The molecular formula is C13H11NO5. The van der Waals surface area contributed by atoms with E-state index in [0.717, 1.165) is 12.2 Å². The van der Waals surface area contributed by atoms with Gasteiger partial charge in [0.2, 0.25) is 0 Å². The van der Waals surface area contributed by atoms with Gasteiger partial charge in [0, 0.05) is 12.2 Å². The van der Waals surface area contributed by atoms with Gasteiger partial charge < -0.3 is 9.84 Å². The SMILES string of the molecule is COc1ccc(C(C(=O)O)N2C(=O)C=CC2=O)cc1. The molecule has 0 aliphatic carbocycles. The average molecular weight is 261 g/mol. The van der Waals surface area contributed by atoms with Gasteiger partial charge in [-0.1, -0.05) is 12.1 Å². The number of carbonyl (C=O) groups excluding carboxylic acids is 2. The number of aliphatic carboxylic acids is 1. The summed E-state index contributed by atoms with van der Waals surface area (Å²) in [6, 6.07) is 4.83. The van der Waals surface area contributed by atoms with Crippen LogP contribution in [0.25, 0.3) is 0 Å². The van der Waals surface area contributed by atoms with Gasteiger partial charge in [0.05, 0.1) is 7.11 Å². The number of carboxylic acids is 1. The summed E-state index contributed by atoms with van der Waals surface area (Å²) in [4.78, 5) is 35.2. The zero-order valence-electron chi connectivity index (χ0n) is 10.1. The van der Waals surface area contributed by atoms with Crippen LogP contribution < -0.4 is 4.74 Å². The molecule has 6 nitrogen and oxygen atoms in total. The minimum absolute atomic E-state index is 0.332. The highest BCUT2D eigenvalue weighted by Crippen LogP contribution is 2.26. The van der Waals surface area contributed by atoms with Crippen LogP contribution in [0.15, 0.2) is 36.4 Å². The molecule has 0 saturated carbocycles. The van der Waals surface area contributed by atoms with Crippen molar-refractivity contribution in [1.29, 1.82) is 0 Å². The van der Waals surface area contributed by atoms with E-state index in [4.69, 9.17) is 4.74 Å². The molecule has 6 heteroatoms. The summed E-state index contributed by atoms with van der Waals surface area (Å²) in [7, 11) is 1.49. The average Bonchev–Trinajstić information content (AvgIpc) is 2.71. The summed E-state index contributed by atoms with van der Waals surface area (Å²) in [5.74, 6) is -1.97. The minimum atomic E-state index is -1.33. The highest BCUT2D eigenvalue weighted by atomic mass is 16.5. The number of rotatable bonds is 4. The van der Waals surface area contributed by atoms with Gasteiger partial charge in [-0.25, -0.2) is 4.79 Å². The Hall–Kier alpha value is -2.63. The van der Waals surface area contributed by atoms with E-state index in [1.54, 1.807) is 12.1 Å². The van der Waals surface area contributed by atoms with E-state index in [1.807, 2.05) is 0 Å². The van der Waals surface area contributed by atoms with Gasteiger partial charge in [0.1, 0.15) is 5.75 Å². The lowest BCUT2D eigenvalue weighted by Crippen LogP contribution is -2.38. The van der Waals surface area contributed by atoms with E-state index < -0.39 is 23.8 Å². The quantitative estimate of drug-likeness (QED) is 0.808. The molecule has 1 aliphatic heterocycles. The van der Waals surface area contributed by atoms with E-state index in [1.165, 1.54) is 19.2 Å². The van der Waals surface area contributed by atoms with Crippen molar-refractivity contribution in [3.63, 3.8) is 0 Å². The van der Waals surface area contributed by atoms with Crippen molar-refractivity contribution in [2.45, 2.75) is 6.04 Å².